The first-order chi connectivity index (χ1) is 15.1. The number of carboxylic acid groups (broad SMARTS) is 1. The van der Waals surface area contributed by atoms with Crippen molar-refractivity contribution in [3.63, 3.8) is 0 Å². The average Bonchev–Trinajstić information content (AvgIpc) is 2.82. The minimum atomic E-state index is -0.873. The van der Waals surface area contributed by atoms with Crippen molar-refractivity contribution in [2.75, 3.05) is 7.11 Å². The lowest BCUT2D eigenvalue weighted by atomic mass is 9.79. The second-order valence-corrected chi connectivity index (χ2v) is 7.58. The fourth-order valence-electron chi connectivity index (χ4n) is 4.10. The van der Waals surface area contributed by atoms with E-state index >= 15 is 0 Å². The zero-order valence-electron chi connectivity index (χ0n) is 17.5. The number of fused-ring (bicyclic) bond motifs is 1. The lowest BCUT2D eigenvalue weighted by Gasteiger charge is -2.43. The third-order valence-corrected chi connectivity index (χ3v) is 5.57. The lowest BCUT2D eigenvalue weighted by molar-refractivity contribution is -0.167. The molecule has 5 nitrogen and oxygen atoms in total. The van der Waals surface area contributed by atoms with E-state index in [-0.39, 0.29) is 6.42 Å². The summed E-state index contributed by atoms with van der Waals surface area (Å²) in [5.74, 6) is 0.677. The average molecular weight is 418 g/mol. The van der Waals surface area contributed by atoms with Gasteiger partial charge in [-0.15, -0.1) is 0 Å². The van der Waals surface area contributed by atoms with E-state index in [0.29, 0.717) is 19.3 Å². The molecule has 0 saturated heterocycles. The van der Waals surface area contributed by atoms with Crippen LogP contribution in [0.4, 0.5) is 0 Å². The Morgan fingerprint density at radius 2 is 1.61 bits per heavy atom. The molecule has 0 aliphatic carbocycles. The van der Waals surface area contributed by atoms with Crippen LogP contribution in [0.2, 0.25) is 0 Å². The van der Waals surface area contributed by atoms with Gasteiger partial charge < -0.3 is 19.3 Å². The van der Waals surface area contributed by atoms with Crippen molar-refractivity contribution >= 4 is 5.97 Å². The molecular weight excluding hydrogens is 392 g/mol. The van der Waals surface area contributed by atoms with Crippen LogP contribution < -0.4 is 9.47 Å². The van der Waals surface area contributed by atoms with Gasteiger partial charge in [-0.2, -0.15) is 0 Å². The van der Waals surface area contributed by atoms with E-state index in [1.807, 2.05) is 54.6 Å². The van der Waals surface area contributed by atoms with Crippen molar-refractivity contribution in [3.8, 4) is 11.5 Å². The summed E-state index contributed by atoms with van der Waals surface area (Å²) in [6.07, 6.45) is 1.51. The van der Waals surface area contributed by atoms with E-state index in [1.165, 1.54) is 0 Å². The minimum absolute atomic E-state index is 0.142. The fraction of sp³-hybridized carbons (Fsp3) is 0.269. The first-order valence-corrected chi connectivity index (χ1v) is 10.5. The molecule has 0 radical (unpaired) electrons. The monoisotopic (exact) mass is 418 g/mol. The molecule has 5 heteroatoms. The highest BCUT2D eigenvalue weighted by atomic mass is 16.7. The maximum atomic E-state index is 10.9. The van der Waals surface area contributed by atoms with Crippen molar-refractivity contribution in [2.24, 2.45) is 0 Å². The largest absolute Gasteiger partial charge is 0.497 e. The van der Waals surface area contributed by atoms with Gasteiger partial charge >= 0.3 is 5.97 Å². The number of aliphatic carboxylic acids is 1. The van der Waals surface area contributed by atoms with Crippen molar-refractivity contribution in [2.45, 2.75) is 37.6 Å². The van der Waals surface area contributed by atoms with Crippen molar-refractivity contribution < 1.29 is 24.1 Å². The van der Waals surface area contributed by atoms with Crippen LogP contribution in [-0.4, -0.2) is 24.5 Å². The molecular formula is C26H26O5. The van der Waals surface area contributed by atoms with Gasteiger partial charge in [0.15, 0.2) is 5.60 Å². The zero-order chi connectivity index (χ0) is 21.7. The normalized spacial score (nSPS) is 16.7. The molecule has 0 aromatic heterocycles. The Labute approximate surface area is 182 Å². The Morgan fingerprint density at radius 1 is 0.968 bits per heavy atom. The first-order valence-electron chi connectivity index (χ1n) is 10.5. The number of hydrogen-bond donors (Lipinski definition) is 1. The van der Waals surface area contributed by atoms with Gasteiger partial charge in [0.05, 0.1) is 7.11 Å². The number of benzene rings is 3. The number of hydrogen-bond acceptors (Lipinski definition) is 4. The summed E-state index contributed by atoms with van der Waals surface area (Å²) in [7, 11) is 1.64. The molecule has 1 atom stereocenters. The van der Waals surface area contributed by atoms with E-state index < -0.39 is 17.9 Å². The number of carbonyl (C=O) groups is 1. The van der Waals surface area contributed by atoms with Crippen molar-refractivity contribution in [1.29, 1.82) is 0 Å². The van der Waals surface area contributed by atoms with Gasteiger partial charge in [-0.05, 0) is 42.2 Å². The molecule has 3 aromatic rings. The number of carboxylic acids is 1. The number of ether oxygens (including phenoxy) is 3. The molecule has 1 N–H and O–H groups in total. The molecule has 1 heterocycles. The Bertz CT molecular complexity index is 977. The van der Waals surface area contributed by atoms with Crippen LogP contribution in [0.15, 0.2) is 78.9 Å². The van der Waals surface area contributed by atoms with Gasteiger partial charge in [-0.1, -0.05) is 60.7 Å². The Hall–Kier alpha value is -3.31. The Balaban J connectivity index is 1.82. The third-order valence-electron chi connectivity index (χ3n) is 5.57. The van der Waals surface area contributed by atoms with E-state index in [9.17, 15) is 4.79 Å². The molecule has 3 aromatic carbocycles. The van der Waals surface area contributed by atoms with Gasteiger partial charge in [0.25, 0.3) is 0 Å². The van der Waals surface area contributed by atoms with E-state index in [4.69, 9.17) is 19.3 Å². The summed E-state index contributed by atoms with van der Waals surface area (Å²) >= 11 is 0. The van der Waals surface area contributed by atoms with E-state index in [2.05, 4.69) is 24.3 Å². The van der Waals surface area contributed by atoms with Crippen molar-refractivity contribution in [1.82, 2.24) is 0 Å². The molecule has 0 fully saturated rings. The standard InChI is InChI=1S/C26H26O5/c1-29-21-16-17-23-22(18-21)26(19-10-4-2-5-11-19,20-12-6-3-7-13-20)31-25(30-23)15-9-8-14-24(27)28/h2-7,10-13,16-18,25H,8-9,14-15H2,1H3,(H,27,28). The van der Waals surface area contributed by atoms with Crippen LogP contribution >= 0.6 is 0 Å². The first kappa shape index (κ1) is 20.9. The summed E-state index contributed by atoms with van der Waals surface area (Å²) in [5.41, 5.74) is 2.00. The van der Waals surface area contributed by atoms with Gasteiger partial charge in [-0.3, -0.25) is 4.79 Å². The highest BCUT2D eigenvalue weighted by Crippen LogP contribution is 2.49. The molecule has 160 valence electrons. The zero-order valence-corrected chi connectivity index (χ0v) is 17.5. The molecule has 0 saturated carbocycles. The Morgan fingerprint density at radius 3 is 2.19 bits per heavy atom. The number of unbranched alkanes of at least 4 members (excludes halogenated alkanes) is 1. The minimum Gasteiger partial charge on any atom is -0.497 e. The molecule has 31 heavy (non-hydrogen) atoms. The number of methoxy groups -OCH3 is 1. The van der Waals surface area contributed by atoms with Crippen LogP contribution in [0.3, 0.4) is 0 Å². The highest BCUT2D eigenvalue weighted by Gasteiger charge is 2.46. The summed E-state index contributed by atoms with van der Waals surface area (Å²) in [4.78, 5) is 10.9. The molecule has 0 amide bonds. The smallest absolute Gasteiger partial charge is 0.303 e. The van der Waals surface area contributed by atoms with Crippen molar-refractivity contribution in [3.05, 3.63) is 95.6 Å². The van der Waals surface area contributed by atoms with Crippen LogP contribution in [0.1, 0.15) is 42.4 Å². The van der Waals surface area contributed by atoms with Crippen LogP contribution in [0, 0.1) is 0 Å². The quantitative estimate of drug-likeness (QED) is 0.499. The van der Waals surface area contributed by atoms with Gasteiger partial charge in [0.1, 0.15) is 11.5 Å². The topological polar surface area (TPSA) is 65.0 Å². The highest BCUT2D eigenvalue weighted by molar-refractivity contribution is 5.66. The second kappa shape index (κ2) is 9.23. The van der Waals surface area contributed by atoms with Gasteiger partial charge in [0, 0.05) is 18.4 Å². The van der Waals surface area contributed by atoms with Gasteiger partial charge in [0.2, 0.25) is 6.29 Å². The predicted octanol–water partition coefficient (Wildman–Crippen LogP) is 5.37. The molecule has 0 bridgehead atoms. The molecule has 1 aliphatic rings. The van der Waals surface area contributed by atoms with E-state index in [1.54, 1.807) is 7.11 Å². The van der Waals surface area contributed by atoms with E-state index in [0.717, 1.165) is 28.2 Å². The SMILES string of the molecule is COc1ccc2c(c1)C(c1ccccc1)(c1ccccc1)OC(CCCCC(=O)O)O2. The Kier molecular flexibility index (Phi) is 6.23. The molecule has 4 rings (SSSR count). The van der Waals surface area contributed by atoms with Crippen LogP contribution in [-0.2, 0) is 15.1 Å². The molecule has 1 aliphatic heterocycles. The van der Waals surface area contributed by atoms with Crippen LogP contribution in [0.5, 0.6) is 11.5 Å². The third kappa shape index (κ3) is 4.28. The molecule has 1 unspecified atom stereocenters. The summed E-state index contributed by atoms with van der Waals surface area (Å²) in [6.45, 7) is 0. The maximum absolute atomic E-state index is 10.9. The summed E-state index contributed by atoms with van der Waals surface area (Å²) in [5, 5.41) is 8.94. The fourth-order valence-corrected chi connectivity index (χ4v) is 4.10. The predicted molar refractivity (Wildman–Crippen MR) is 117 cm³/mol. The summed E-state index contributed by atoms with van der Waals surface area (Å²) < 4.78 is 18.5. The summed E-state index contributed by atoms with van der Waals surface area (Å²) in [6, 6.07) is 26.0. The molecule has 0 spiro atoms. The van der Waals surface area contributed by atoms with Crippen LogP contribution in [0.25, 0.3) is 0 Å². The second-order valence-electron chi connectivity index (χ2n) is 7.58. The number of rotatable bonds is 8. The van der Waals surface area contributed by atoms with Gasteiger partial charge in [-0.25, -0.2) is 0 Å². The lowest BCUT2D eigenvalue weighted by Crippen LogP contribution is -2.43. The maximum Gasteiger partial charge on any atom is 0.303 e.